The molecule has 1 aliphatic rings. The molecule has 1 aromatic rings. The Morgan fingerprint density at radius 2 is 2.00 bits per heavy atom. The molecule has 0 saturated heterocycles. The molecule has 0 unspecified atom stereocenters. The Balaban J connectivity index is 2.17. The number of anilines is 1. The first-order chi connectivity index (χ1) is 8.61. The molecular weight excluding hydrogens is 228 g/mol. The van der Waals surface area contributed by atoms with Crippen LogP contribution < -0.4 is 5.73 Å². The number of aromatic hydroxyl groups is 1. The van der Waals surface area contributed by atoms with Crippen molar-refractivity contribution in [2.24, 2.45) is 0 Å². The summed E-state index contributed by atoms with van der Waals surface area (Å²) in [5.74, 6) is -0.253. The highest BCUT2D eigenvalue weighted by molar-refractivity contribution is 5.98. The molecule has 0 spiro atoms. The second-order valence-corrected chi connectivity index (χ2v) is 4.95. The number of phenolic OH excluding ortho intramolecular Hbond substituents is 1. The van der Waals surface area contributed by atoms with E-state index in [1.807, 2.05) is 0 Å². The van der Waals surface area contributed by atoms with Crippen LogP contribution in [0.25, 0.3) is 0 Å². The van der Waals surface area contributed by atoms with E-state index in [4.69, 9.17) is 5.73 Å². The lowest BCUT2D eigenvalue weighted by molar-refractivity contribution is 0.0693. The van der Waals surface area contributed by atoms with Gasteiger partial charge in [-0.05, 0) is 25.0 Å². The Morgan fingerprint density at radius 1 is 1.33 bits per heavy atom. The van der Waals surface area contributed by atoms with Gasteiger partial charge in [0.1, 0.15) is 0 Å². The lowest BCUT2D eigenvalue weighted by Crippen LogP contribution is -2.38. The molecule has 0 atom stereocenters. The Hall–Kier alpha value is -1.71. The molecule has 98 valence electrons. The van der Waals surface area contributed by atoms with Gasteiger partial charge in [0.15, 0.2) is 5.75 Å². The predicted octanol–water partition coefficient (Wildman–Crippen LogP) is 2.38. The number of para-hydroxylation sites is 1. The number of carbonyl (C=O) groups excluding carboxylic acids is 1. The molecule has 1 aliphatic carbocycles. The fourth-order valence-corrected chi connectivity index (χ4v) is 2.56. The molecule has 2 rings (SSSR count). The van der Waals surface area contributed by atoms with Gasteiger partial charge in [0.2, 0.25) is 0 Å². The first-order valence-corrected chi connectivity index (χ1v) is 6.46. The van der Waals surface area contributed by atoms with E-state index in [1.165, 1.54) is 19.3 Å². The average Bonchev–Trinajstić information content (AvgIpc) is 2.41. The van der Waals surface area contributed by atoms with Gasteiger partial charge in [-0.15, -0.1) is 0 Å². The molecule has 0 aromatic heterocycles. The Morgan fingerprint density at radius 3 is 2.67 bits per heavy atom. The van der Waals surface area contributed by atoms with Gasteiger partial charge in [-0.2, -0.15) is 0 Å². The Bertz CT molecular complexity index is 439. The van der Waals surface area contributed by atoms with Crippen LogP contribution in [0, 0.1) is 0 Å². The standard InChI is InChI=1S/C14H20N2O2/c1-16(10-6-3-2-4-7-10)14(18)11-8-5-9-12(15)13(11)17/h5,8-10,17H,2-4,6-7,15H2,1H3. The number of hydrogen-bond acceptors (Lipinski definition) is 3. The van der Waals surface area contributed by atoms with Gasteiger partial charge in [0.25, 0.3) is 5.91 Å². The monoisotopic (exact) mass is 248 g/mol. The van der Waals surface area contributed by atoms with Crippen LogP contribution >= 0.6 is 0 Å². The molecule has 0 aliphatic heterocycles. The van der Waals surface area contributed by atoms with Gasteiger partial charge in [-0.1, -0.05) is 25.3 Å². The average molecular weight is 248 g/mol. The van der Waals surface area contributed by atoms with Crippen molar-refractivity contribution < 1.29 is 9.90 Å². The zero-order valence-electron chi connectivity index (χ0n) is 10.7. The molecule has 0 bridgehead atoms. The summed E-state index contributed by atoms with van der Waals surface area (Å²) in [5.41, 5.74) is 6.16. The van der Waals surface area contributed by atoms with Crippen molar-refractivity contribution in [3.63, 3.8) is 0 Å². The molecular formula is C14H20N2O2. The zero-order chi connectivity index (χ0) is 13.1. The van der Waals surface area contributed by atoms with Crippen LogP contribution in [0.1, 0.15) is 42.5 Å². The third-order valence-electron chi connectivity index (χ3n) is 3.74. The highest BCUT2D eigenvalue weighted by Crippen LogP contribution is 2.28. The maximum Gasteiger partial charge on any atom is 0.257 e. The molecule has 1 amide bonds. The topological polar surface area (TPSA) is 66.6 Å². The number of nitrogens with two attached hydrogens (primary N) is 1. The number of nitrogens with zero attached hydrogens (tertiary/aromatic N) is 1. The SMILES string of the molecule is CN(C(=O)c1cccc(N)c1O)C1CCCCC1. The second-order valence-electron chi connectivity index (χ2n) is 4.95. The Kier molecular flexibility index (Phi) is 3.75. The fraction of sp³-hybridized carbons (Fsp3) is 0.500. The molecule has 18 heavy (non-hydrogen) atoms. The molecule has 1 aromatic carbocycles. The van der Waals surface area contributed by atoms with Crippen LogP contribution in [-0.2, 0) is 0 Å². The van der Waals surface area contributed by atoms with Gasteiger partial charge in [0.05, 0.1) is 11.3 Å². The second kappa shape index (κ2) is 5.29. The lowest BCUT2D eigenvalue weighted by atomic mass is 9.94. The summed E-state index contributed by atoms with van der Waals surface area (Å²) in [7, 11) is 1.81. The van der Waals surface area contributed by atoms with E-state index < -0.39 is 0 Å². The predicted molar refractivity (Wildman–Crippen MR) is 71.5 cm³/mol. The number of phenols is 1. The van der Waals surface area contributed by atoms with Crippen LogP contribution in [0.2, 0.25) is 0 Å². The summed E-state index contributed by atoms with van der Waals surface area (Å²) in [6.45, 7) is 0. The van der Waals surface area contributed by atoms with E-state index in [2.05, 4.69) is 0 Å². The van der Waals surface area contributed by atoms with E-state index in [9.17, 15) is 9.90 Å². The fourth-order valence-electron chi connectivity index (χ4n) is 2.56. The van der Waals surface area contributed by atoms with Gasteiger partial charge < -0.3 is 15.7 Å². The van der Waals surface area contributed by atoms with Crippen molar-refractivity contribution >= 4 is 11.6 Å². The van der Waals surface area contributed by atoms with Crippen molar-refractivity contribution in [1.82, 2.24) is 4.90 Å². The van der Waals surface area contributed by atoms with E-state index in [-0.39, 0.29) is 23.4 Å². The summed E-state index contributed by atoms with van der Waals surface area (Å²) in [6, 6.07) is 5.18. The largest absolute Gasteiger partial charge is 0.505 e. The quantitative estimate of drug-likeness (QED) is 0.623. The smallest absolute Gasteiger partial charge is 0.257 e. The van der Waals surface area contributed by atoms with Crippen LogP contribution in [-0.4, -0.2) is 29.0 Å². The van der Waals surface area contributed by atoms with Gasteiger partial charge in [-0.3, -0.25) is 4.79 Å². The van der Waals surface area contributed by atoms with Gasteiger partial charge >= 0.3 is 0 Å². The number of carbonyl (C=O) groups is 1. The van der Waals surface area contributed by atoms with E-state index in [1.54, 1.807) is 30.1 Å². The first-order valence-electron chi connectivity index (χ1n) is 6.46. The third-order valence-corrected chi connectivity index (χ3v) is 3.74. The molecule has 4 heteroatoms. The highest BCUT2D eigenvalue weighted by atomic mass is 16.3. The maximum absolute atomic E-state index is 12.3. The van der Waals surface area contributed by atoms with Gasteiger partial charge in [0, 0.05) is 13.1 Å². The summed E-state index contributed by atoms with van der Waals surface area (Å²) in [5, 5.41) is 9.84. The Labute approximate surface area is 107 Å². The van der Waals surface area contributed by atoms with Crippen molar-refractivity contribution in [1.29, 1.82) is 0 Å². The number of rotatable bonds is 2. The molecule has 3 N–H and O–H groups in total. The number of amides is 1. The number of nitrogen functional groups attached to an aromatic ring is 1. The van der Waals surface area contributed by atoms with E-state index >= 15 is 0 Å². The minimum Gasteiger partial charge on any atom is -0.505 e. The summed E-state index contributed by atoms with van der Waals surface area (Å²) in [6.07, 6.45) is 5.69. The van der Waals surface area contributed by atoms with Crippen molar-refractivity contribution in [3.8, 4) is 5.75 Å². The third kappa shape index (κ3) is 2.42. The highest BCUT2D eigenvalue weighted by Gasteiger charge is 2.24. The minimum absolute atomic E-state index is 0.106. The molecule has 0 heterocycles. The van der Waals surface area contributed by atoms with Crippen molar-refractivity contribution in [2.45, 2.75) is 38.1 Å². The first kappa shape index (κ1) is 12.7. The van der Waals surface area contributed by atoms with Crippen LogP contribution in [0.3, 0.4) is 0 Å². The summed E-state index contributed by atoms with van der Waals surface area (Å²) >= 11 is 0. The molecule has 1 saturated carbocycles. The molecule has 0 radical (unpaired) electrons. The van der Waals surface area contributed by atoms with Crippen LogP contribution in [0.4, 0.5) is 5.69 Å². The maximum atomic E-state index is 12.3. The summed E-state index contributed by atoms with van der Waals surface area (Å²) < 4.78 is 0. The molecule has 1 fully saturated rings. The number of hydrogen-bond donors (Lipinski definition) is 2. The van der Waals surface area contributed by atoms with Crippen molar-refractivity contribution in [3.05, 3.63) is 23.8 Å². The van der Waals surface area contributed by atoms with E-state index in [0.29, 0.717) is 5.56 Å². The number of benzene rings is 1. The lowest BCUT2D eigenvalue weighted by Gasteiger charge is -2.31. The van der Waals surface area contributed by atoms with Crippen molar-refractivity contribution in [2.75, 3.05) is 12.8 Å². The van der Waals surface area contributed by atoms with Gasteiger partial charge in [-0.25, -0.2) is 0 Å². The minimum atomic E-state index is -0.147. The normalized spacial score (nSPS) is 16.5. The zero-order valence-corrected chi connectivity index (χ0v) is 10.7. The van der Waals surface area contributed by atoms with Crippen LogP contribution in [0.5, 0.6) is 5.75 Å². The molecule has 4 nitrogen and oxygen atoms in total. The van der Waals surface area contributed by atoms with Crippen LogP contribution in [0.15, 0.2) is 18.2 Å². The summed E-state index contributed by atoms with van der Waals surface area (Å²) in [4.78, 5) is 14.1. The van der Waals surface area contributed by atoms with E-state index in [0.717, 1.165) is 12.8 Å².